The number of pyridine rings is 1. The van der Waals surface area contributed by atoms with Gasteiger partial charge in [-0.05, 0) is 42.8 Å². The number of aromatic nitrogens is 1. The lowest BCUT2D eigenvalue weighted by Crippen LogP contribution is -2.28. The Labute approximate surface area is 212 Å². The Morgan fingerprint density at radius 3 is 2.44 bits per heavy atom. The van der Waals surface area contributed by atoms with Gasteiger partial charge in [0.1, 0.15) is 29.7 Å². The maximum Gasteiger partial charge on any atom is 0.344 e. The normalized spacial score (nSPS) is 10.6. The van der Waals surface area contributed by atoms with Gasteiger partial charge in [0.25, 0.3) is 0 Å². The van der Waals surface area contributed by atoms with E-state index >= 15 is 0 Å². The third-order valence-corrected chi connectivity index (χ3v) is 5.74. The number of hydrogen-bond donors (Lipinski definition) is 0. The summed E-state index contributed by atoms with van der Waals surface area (Å²) in [6.45, 7) is 2.79. The SMILES string of the molecule is C.CCCCc1oc2ccccc2c1C(=O)c1ccc(OCCCOC(=O)c2ccc[n+](C)c2)cc1. The quantitative estimate of drug-likeness (QED) is 0.111. The van der Waals surface area contributed by atoms with E-state index in [1.807, 2.05) is 37.5 Å². The predicted octanol–water partition coefficient (Wildman–Crippen LogP) is 6.09. The summed E-state index contributed by atoms with van der Waals surface area (Å²) in [5.41, 5.74) is 2.49. The molecule has 0 bridgehead atoms. The highest BCUT2D eigenvalue weighted by atomic mass is 16.5. The minimum atomic E-state index is -0.353. The van der Waals surface area contributed by atoms with Crippen LogP contribution in [0.5, 0.6) is 5.75 Å². The zero-order valence-corrected chi connectivity index (χ0v) is 20.2. The van der Waals surface area contributed by atoms with Gasteiger partial charge in [-0.2, -0.15) is 0 Å². The molecule has 2 aromatic heterocycles. The molecule has 0 aliphatic rings. The number of ether oxygens (including phenoxy) is 2. The van der Waals surface area contributed by atoms with Gasteiger partial charge in [-0.15, -0.1) is 0 Å². The van der Waals surface area contributed by atoms with E-state index in [1.54, 1.807) is 47.2 Å². The Morgan fingerprint density at radius 1 is 0.917 bits per heavy atom. The average molecular weight is 489 g/mol. The van der Waals surface area contributed by atoms with Crippen molar-refractivity contribution in [2.45, 2.75) is 40.0 Å². The molecule has 4 aromatic rings. The largest absolute Gasteiger partial charge is 0.493 e. The molecule has 0 amide bonds. The number of ketones is 1. The maximum atomic E-state index is 13.4. The van der Waals surface area contributed by atoms with E-state index in [-0.39, 0.29) is 25.8 Å². The third-order valence-electron chi connectivity index (χ3n) is 5.74. The molecule has 0 spiro atoms. The summed E-state index contributed by atoms with van der Waals surface area (Å²) in [4.78, 5) is 25.4. The lowest BCUT2D eigenvalue weighted by atomic mass is 9.98. The molecule has 6 nitrogen and oxygen atoms in total. The Morgan fingerprint density at radius 2 is 1.69 bits per heavy atom. The minimum Gasteiger partial charge on any atom is -0.493 e. The predicted molar refractivity (Wildman–Crippen MR) is 139 cm³/mol. The van der Waals surface area contributed by atoms with E-state index in [9.17, 15) is 9.59 Å². The lowest BCUT2D eigenvalue weighted by molar-refractivity contribution is -0.671. The van der Waals surface area contributed by atoms with Crippen LogP contribution in [0.15, 0.2) is 77.5 Å². The van der Waals surface area contributed by atoms with Gasteiger partial charge in [-0.1, -0.05) is 39.0 Å². The number of carbonyl (C=O) groups excluding carboxylic acids is 2. The molecule has 0 unspecified atom stereocenters. The zero-order valence-electron chi connectivity index (χ0n) is 20.2. The number of furan rings is 1. The van der Waals surface area contributed by atoms with E-state index in [1.165, 1.54) is 0 Å². The maximum absolute atomic E-state index is 13.4. The summed E-state index contributed by atoms with van der Waals surface area (Å²) in [5, 5.41) is 0.850. The Bertz CT molecular complexity index is 1310. The Kier molecular flexibility index (Phi) is 9.39. The van der Waals surface area contributed by atoms with Crippen LogP contribution in [0.4, 0.5) is 0 Å². The molecule has 2 heterocycles. The minimum absolute atomic E-state index is 0. The molecule has 0 aliphatic heterocycles. The van der Waals surface area contributed by atoms with Crippen LogP contribution in [0.1, 0.15) is 65.7 Å². The number of esters is 1. The van der Waals surface area contributed by atoms with Crippen LogP contribution in [-0.4, -0.2) is 25.0 Å². The van der Waals surface area contributed by atoms with E-state index in [0.29, 0.717) is 35.5 Å². The number of fused-ring (bicyclic) bond motifs is 1. The molecule has 0 aliphatic carbocycles. The highest BCUT2D eigenvalue weighted by molar-refractivity contribution is 6.16. The number of rotatable bonds is 11. The molecule has 4 rings (SSSR count). The van der Waals surface area contributed by atoms with Crippen molar-refractivity contribution in [2.24, 2.45) is 7.05 Å². The summed E-state index contributed by atoms with van der Waals surface area (Å²) >= 11 is 0. The molecule has 0 saturated heterocycles. The topological polar surface area (TPSA) is 69.6 Å². The van der Waals surface area contributed by atoms with Gasteiger partial charge in [0.15, 0.2) is 18.2 Å². The first-order chi connectivity index (χ1) is 17.1. The fourth-order valence-corrected chi connectivity index (χ4v) is 3.91. The van der Waals surface area contributed by atoms with Crippen LogP contribution in [0.3, 0.4) is 0 Å². The highest BCUT2D eigenvalue weighted by Gasteiger charge is 2.21. The first-order valence-electron chi connectivity index (χ1n) is 12.0. The van der Waals surface area contributed by atoms with Crippen molar-refractivity contribution in [2.75, 3.05) is 13.2 Å². The number of para-hydroxylation sites is 1. The van der Waals surface area contributed by atoms with Crippen molar-refractivity contribution in [1.29, 1.82) is 0 Å². The molecule has 0 atom stereocenters. The van der Waals surface area contributed by atoms with Gasteiger partial charge in [0.2, 0.25) is 0 Å². The van der Waals surface area contributed by atoms with Crippen LogP contribution < -0.4 is 9.30 Å². The van der Waals surface area contributed by atoms with Crippen LogP contribution in [0, 0.1) is 0 Å². The van der Waals surface area contributed by atoms with Crippen molar-refractivity contribution >= 4 is 22.7 Å². The molecule has 2 aromatic carbocycles. The molecule has 0 saturated carbocycles. The fraction of sp³-hybridized carbons (Fsp3) is 0.300. The first kappa shape index (κ1) is 26.7. The number of nitrogens with zero attached hydrogens (tertiary/aromatic N) is 1. The molecule has 6 heteroatoms. The smallest absolute Gasteiger partial charge is 0.344 e. The molecular formula is C30H34NO5+. The van der Waals surface area contributed by atoms with Gasteiger partial charge in [-0.3, -0.25) is 4.79 Å². The zero-order chi connectivity index (χ0) is 24.6. The standard InChI is InChI=1S/C29H30NO5.CH4/c1-3-4-11-26-27(24-10-5-6-12-25(24)35-26)28(31)21-13-15-23(16-14-21)33-18-8-19-34-29(32)22-9-7-17-30(2)20-22;/h5-7,9-10,12-17,20H,3-4,8,11,18-19H2,1-2H3;1H4/q+1;. The second-order valence-electron chi connectivity index (χ2n) is 8.45. The molecule has 0 N–H and O–H groups in total. The summed E-state index contributed by atoms with van der Waals surface area (Å²) in [7, 11) is 1.85. The van der Waals surface area contributed by atoms with Gasteiger partial charge >= 0.3 is 5.97 Å². The van der Waals surface area contributed by atoms with Crippen molar-refractivity contribution < 1.29 is 28.0 Å². The molecule has 0 radical (unpaired) electrons. The number of carbonyl (C=O) groups is 2. The van der Waals surface area contributed by atoms with Crippen molar-refractivity contribution in [3.8, 4) is 5.75 Å². The first-order valence-corrected chi connectivity index (χ1v) is 12.0. The number of hydrogen-bond acceptors (Lipinski definition) is 5. The summed E-state index contributed by atoms with van der Waals surface area (Å²) < 4.78 is 18.9. The number of aryl methyl sites for hydroxylation is 2. The van der Waals surface area contributed by atoms with Crippen molar-refractivity contribution in [1.82, 2.24) is 0 Å². The van der Waals surface area contributed by atoms with Crippen LogP contribution in [-0.2, 0) is 18.2 Å². The van der Waals surface area contributed by atoms with E-state index in [2.05, 4.69) is 6.92 Å². The Hall–Kier alpha value is -3.93. The van der Waals surface area contributed by atoms with E-state index in [0.717, 1.165) is 36.0 Å². The molecular weight excluding hydrogens is 454 g/mol. The third kappa shape index (κ3) is 6.39. The summed E-state index contributed by atoms with van der Waals surface area (Å²) in [6.07, 6.45) is 6.87. The molecule has 0 fully saturated rings. The molecule has 188 valence electrons. The highest BCUT2D eigenvalue weighted by Crippen LogP contribution is 2.29. The summed E-state index contributed by atoms with van der Waals surface area (Å²) in [6, 6.07) is 18.3. The summed E-state index contributed by atoms with van der Waals surface area (Å²) in [5.74, 6) is 1.01. The van der Waals surface area contributed by atoms with Gasteiger partial charge in [0, 0.05) is 29.9 Å². The molecule has 36 heavy (non-hydrogen) atoms. The fourth-order valence-electron chi connectivity index (χ4n) is 3.91. The van der Waals surface area contributed by atoms with Crippen molar-refractivity contribution in [3.63, 3.8) is 0 Å². The van der Waals surface area contributed by atoms with Gasteiger partial charge in [0.05, 0.1) is 18.8 Å². The second kappa shape index (κ2) is 12.7. The van der Waals surface area contributed by atoms with Crippen LogP contribution in [0.25, 0.3) is 11.0 Å². The number of unbranched alkanes of at least 4 members (excludes halogenated alkanes) is 1. The average Bonchev–Trinajstić information content (AvgIpc) is 3.25. The number of benzene rings is 2. The van der Waals surface area contributed by atoms with Crippen LogP contribution >= 0.6 is 0 Å². The van der Waals surface area contributed by atoms with E-state index < -0.39 is 0 Å². The van der Waals surface area contributed by atoms with Gasteiger partial charge < -0.3 is 13.9 Å². The second-order valence-corrected chi connectivity index (χ2v) is 8.45. The van der Waals surface area contributed by atoms with E-state index in [4.69, 9.17) is 13.9 Å². The monoisotopic (exact) mass is 488 g/mol. The Balaban J connectivity index is 0.00000361. The van der Waals surface area contributed by atoms with Crippen molar-refractivity contribution in [3.05, 3.63) is 95.5 Å². The van der Waals surface area contributed by atoms with Crippen LogP contribution in [0.2, 0.25) is 0 Å². The van der Waals surface area contributed by atoms with Gasteiger partial charge in [-0.25, -0.2) is 9.36 Å². The lowest BCUT2D eigenvalue weighted by Gasteiger charge is -2.08.